The molecule has 110 heavy (non-hydrogen) atoms. The summed E-state index contributed by atoms with van der Waals surface area (Å²) < 4.78 is 68.5. The normalized spacial score (nSPS) is 14.8. The number of carbonyl (C=O) groups is 4. The van der Waals surface area contributed by atoms with Gasteiger partial charge in [0.15, 0.2) is 12.2 Å². The molecule has 19 heteroatoms. The number of ether oxygens (including phenoxy) is 4. The standard InChI is InChI=1S/C91H146O17P2/c1-5-9-13-17-21-25-29-33-37-40-42-45-48-52-56-60-64-68-72-76-89(94)102-82-87(107-90(95)77-73-69-65-61-57-53-49-44-39-35-31-27-23-19-15-11-7-3)84-106-110(99,100)104-80-85(92)79-103-109(97,98)105-83-86(81-101-88(93)75-71-67-63-59-55-51-47-36-32-28-24-20-16-12-8-4)108-91(96)78-74-70-66-62-58-54-50-46-43-41-38-34-30-26-22-18-14-10-6-2/h9,13,21-28,33-39,42-43,45-47,49,52-54,56,58,61,65-66,70,85-87,92H,5-8,10-12,14-20,29-32,40-41,44,48,50-51,55,57,59-60,62-64,67-69,71-84H2,1-4H3,(H,97,98)(H,99,100)/b13-9-,25-21-,26-22-,27-23-,28-24-,37-33-,38-34-,39-35-,45-42-,46-43-,47-36-,53-49-,56-52-,58-54-,65-61-,70-66-/t85-,86+,87+/m0/s1. The molecule has 0 saturated heterocycles. The van der Waals surface area contributed by atoms with Gasteiger partial charge >= 0.3 is 39.5 Å². The summed E-state index contributed by atoms with van der Waals surface area (Å²) in [5.41, 5.74) is 0. The highest BCUT2D eigenvalue weighted by atomic mass is 31.2. The predicted octanol–water partition coefficient (Wildman–Crippen LogP) is 24.9. The van der Waals surface area contributed by atoms with Gasteiger partial charge in [-0.1, -0.05) is 286 Å². The van der Waals surface area contributed by atoms with Gasteiger partial charge < -0.3 is 33.8 Å². The van der Waals surface area contributed by atoms with Gasteiger partial charge in [-0.05, 0) is 180 Å². The minimum absolute atomic E-state index is 0.00119. The molecule has 0 fully saturated rings. The highest BCUT2D eigenvalue weighted by Crippen LogP contribution is 2.45. The summed E-state index contributed by atoms with van der Waals surface area (Å²) in [6, 6.07) is 0. The van der Waals surface area contributed by atoms with Crippen LogP contribution >= 0.6 is 15.6 Å². The van der Waals surface area contributed by atoms with Crippen molar-refractivity contribution in [2.45, 2.75) is 316 Å². The Bertz CT molecular complexity index is 2850. The molecule has 0 aromatic heterocycles. The number of esters is 4. The largest absolute Gasteiger partial charge is 0.472 e. The van der Waals surface area contributed by atoms with Crippen molar-refractivity contribution in [3.8, 4) is 0 Å². The van der Waals surface area contributed by atoms with E-state index >= 15 is 0 Å². The SMILES string of the molecule is CC/C=C\C/C=C\C/C=C\C/C=C\C/C=C\CCCCCC(=O)OC[C@H](COP(=O)(O)OC[C@@H](O)COP(=O)(O)OC[C@@H](COC(=O)CCCCCCC/C=C\C/C=C\CCCCC)OC(=O)CC/C=C\C/C=C\C/C=C\C/C=C\C/C=C\CCCCC)OC(=O)CCC/C=C\C/C=C\C/C=C\C/C=C\CCCCC. The molecule has 0 aromatic rings. The van der Waals surface area contributed by atoms with Crippen LogP contribution in [0.25, 0.3) is 0 Å². The van der Waals surface area contributed by atoms with Gasteiger partial charge in [0.25, 0.3) is 0 Å². The number of aliphatic hydroxyl groups is 1. The zero-order valence-electron chi connectivity index (χ0n) is 68.1. The minimum atomic E-state index is -5.02. The molecule has 0 aliphatic carbocycles. The van der Waals surface area contributed by atoms with Crippen LogP contribution in [0, 0.1) is 0 Å². The number of carbonyl (C=O) groups excluding carboxylic acids is 4. The lowest BCUT2D eigenvalue weighted by Crippen LogP contribution is -2.30. The quantitative estimate of drug-likeness (QED) is 0.0169. The fourth-order valence-corrected chi connectivity index (χ4v) is 11.8. The molecule has 2 unspecified atom stereocenters. The smallest absolute Gasteiger partial charge is 0.462 e. The van der Waals surface area contributed by atoms with Gasteiger partial charge in [-0.25, -0.2) is 9.13 Å². The molecular formula is C91H146O17P2. The number of aliphatic hydroxyl groups excluding tert-OH is 1. The van der Waals surface area contributed by atoms with Crippen LogP contribution in [-0.2, 0) is 65.4 Å². The van der Waals surface area contributed by atoms with E-state index in [-0.39, 0.29) is 25.7 Å². The van der Waals surface area contributed by atoms with Crippen LogP contribution in [0.15, 0.2) is 194 Å². The number of rotatable bonds is 76. The summed E-state index contributed by atoms with van der Waals surface area (Å²) in [5, 5.41) is 10.7. The molecule has 0 amide bonds. The van der Waals surface area contributed by atoms with Gasteiger partial charge in [-0.3, -0.25) is 37.3 Å². The molecule has 0 aliphatic heterocycles. The zero-order valence-corrected chi connectivity index (χ0v) is 69.9. The maximum absolute atomic E-state index is 13.1. The van der Waals surface area contributed by atoms with E-state index in [9.17, 15) is 43.2 Å². The number of hydrogen-bond acceptors (Lipinski definition) is 15. The molecular weight excluding hydrogens is 1430 g/mol. The Morgan fingerprint density at radius 3 is 0.818 bits per heavy atom. The second kappa shape index (κ2) is 80.9. The Labute approximate surface area is 666 Å². The van der Waals surface area contributed by atoms with Gasteiger partial charge in [0, 0.05) is 25.7 Å². The Hall–Kier alpha value is -6.10. The molecule has 0 spiro atoms. The predicted molar refractivity (Wildman–Crippen MR) is 454 cm³/mol. The van der Waals surface area contributed by atoms with Crippen molar-refractivity contribution in [2.75, 3.05) is 39.6 Å². The molecule has 0 heterocycles. The highest BCUT2D eigenvalue weighted by molar-refractivity contribution is 7.47. The van der Waals surface area contributed by atoms with Crippen molar-refractivity contribution in [3.63, 3.8) is 0 Å². The fourth-order valence-electron chi connectivity index (χ4n) is 10.2. The van der Waals surface area contributed by atoms with Gasteiger partial charge in [-0.15, -0.1) is 0 Å². The van der Waals surface area contributed by atoms with Crippen molar-refractivity contribution in [3.05, 3.63) is 194 Å². The van der Waals surface area contributed by atoms with E-state index in [4.69, 9.17) is 37.0 Å². The highest BCUT2D eigenvalue weighted by Gasteiger charge is 2.30. The fraction of sp³-hybridized carbons (Fsp3) is 0.604. The molecule has 0 radical (unpaired) electrons. The van der Waals surface area contributed by atoms with E-state index in [1.807, 2.05) is 30.4 Å². The van der Waals surface area contributed by atoms with Gasteiger partial charge in [0.05, 0.1) is 26.4 Å². The second-order valence-corrected chi connectivity index (χ2v) is 29.9. The van der Waals surface area contributed by atoms with Crippen LogP contribution < -0.4 is 0 Å². The summed E-state index contributed by atoms with van der Waals surface area (Å²) in [5.74, 6) is -2.41. The Balaban J connectivity index is 5.56. The van der Waals surface area contributed by atoms with Crippen molar-refractivity contribution < 1.29 is 80.2 Å². The third-order valence-electron chi connectivity index (χ3n) is 16.5. The van der Waals surface area contributed by atoms with Crippen LogP contribution in [0.4, 0.5) is 0 Å². The first-order chi connectivity index (χ1) is 53.7. The molecule has 17 nitrogen and oxygen atoms in total. The van der Waals surface area contributed by atoms with Crippen molar-refractivity contribution in [1.82, 2.24) is 0 Å². The first-order valence-corrected chi connectivity index (χ1v) is 44.7. The molecule has 0 aliphatic rings. The van der Waals surface area contributed by atoms with E-state index in [1.165, 1.54) is 57.8 Å². The number of hydrogen-bond donors (Lipinski definition) is 3. The first-order valence-electron chi connectivity index (χ1n) is 41.7. The van der Waals surface area contributed by atoms with Crippen LogP contribution in [0.2, 0.25) is 0 Å². The maximum atomic E-state index is 13.1. The van der Waals surface area contributed by atoms with E-state index in [2.05, 4.69) is 192 Å². The molecule has 0 saturated carbocycles. The third kappa shape index (κ3) is 80.0. The molecule has 5 atom stereocenters. The van der Waals surface area contributed by atoms with Crippen LogP contribution in [0.5, 0.6) is 0 Å². The third-order valence-corrected chi connectivity index (χ3v) is 18.4. The lowest BCUT2D eigenvalue weighted by Gasteiger charge is -2.21. The van der Waals surface area contributed by atoms with E-state index in [0.717, 1.165) is 148 Å². The van der Waals surface area contributed by atoms with Gasteiger partial charge in [-0.2, -0.15) is 0 Å². The average Bonchev–Trinajstić information content (AvgIpc) is 0.906. The van der Waals surface area contributed by atoms with Gasteiger partial charge in [0.2, 0.25) is 0 Å². The molecule has 622 valence electrons. The van der Waals surface area contributed by atoms with E-state index < -0.39 is 97.5 Å². The topological polar surface area (TPSA) is 237 Å². The average molecular weight is 1570 g/mol. The van der Waals surface area contributed by atoms with Crippen molar-refractivity contribution >= 4 is 39.5 Å². The number of phosphoric acid groups is 2. The Kier molecular flexibility index (Phi) is 76.4. The number of phosphoric ester groups is 2. The van der Waals surface area contributed by atoms with E-state index in [0.29, 0.717) is 38.5 Å². The summed E-state index contributed by atoms with van der Waals surface area (Å²) in [4.78, 5) is 73.1. The summed E-state index contributed by atoms with van der Waals surface area (Å²) in [7, 11) is -10.0. The zero-order chi connectivity index (χ0) is 80.3. The monoisotopic (exact) mass is 1570 g/mol. The van der Waals surface area contributed by atoms with E-state index in [1.54, 1.807) is 0 Å². The van der Waals surface area contributed by atoms with Crippen molar-refractivity contribution in [2.24, 2.45) is 0 Å². The lowest BCUT2D eigenvalue weighted by molar-refractivity contribution is -0.161. The molecule has 0 aromatic carbocycles. The van der Waals surface area contributed by atoms with Crippen LogP contribution in [0.3, 0.4) is 0 Å². The van der Waals surface area contributed by atoms with Crippen LogP contribution in [-0.4, -0.2) is 96.7 Å². The minimum Gasteiger partial charge on any atom is -0.462 e. The number of allylic oxidation sites excluding steroid dienone is 32. The van der Waals surface area contributed by atoms with Crippen molar-refractivity contribution in [1.29, 1.82) is 0 Å². The summed E-state index contributed by atoms with van der Waals surface area (Å²) in [6.07, 6.45) is 99.9. The number of unbranched alkanes of at least 4 members (excludes halogenated alkanes) is 18. The first kappa shape index (κ1) is 104. The second-order valence-electron chi connectivity index (χ2n) is 27.0. The molecule has 0 rings (SSSR count). The Morgan fingerprint density at radius 1 is 0.264 bits per heavy atom. The molecule has 0 bridgehead atoms. The Morgan fingerprint density at radius 2 is 0.500 bits per heavy atom. The summed E-state index contributed by atoms with van der Waals surface area (Å²) in [6.45, 7) is 4.46. The van der Waals surface area contributed by atoms with Gasteiger partial charge in [0.1, 0.15) is 19.3 Å². The summed E-state index contributed by atoms with van der Waals surface area (Å²) >= 11 is 0. The molecule has 3 N–H and O–H groups in total. The maximum Gasteiger partial charge on any atom is 0.472 e. The van der Waals surface area contributed by atoms with Crippen LogP contribution in [0.1, 0.15) is 297 Å². The lowest BCUT2D eigenvalue weighted by atomic mass is 10.1.